The molecule has 1 aromatic carbocycles. The van der Waals surface area contributed by atoms with Gasteiger partial charge in [0.2, 0.25) is 11.8 Å². The Kier molecular flexibility index (Phi) is 6.81. The second-order valence-corrected chi connectivity index (χ2v) is 10.6. The summed E-state index contributed by atoms with van der Waals surface area (Å²) in [5.41, 5.74) is 1.31. The molecule has 0 aliphatic carbocycles. The average molecular weight is 466 g/mol. The van der Waals surface area contributed by atoms with Crippen molar-refractivity contribution in [3.8, 4) is 6.07 Å². The fraction of sp³-hybridized carbons (Fsp3) is 0.350. The van der Waals surface area contributed by atoms with E-state index in [4.69, 9.17) is 11.6 Å². The summed E-state index contributed by atoms with van der Waals surface area (Å²) in [5, 5.41) is 13.2. The first-order valence-corrected chi connectivity index (χ1v) is 12.1. The first kappa shape index (κ1) is 22.3. The van der Waals surface area contributed by atoms with Gasteiger partial charge in [-0.05, 0) is 42.7 Å². The number of carbonyl (C=O) groups excluding carboxylic acids is 2. The highest BCUT2D eigenvalue weighted by atomic mass is 35.5. The molecule has 2 aromatic rings. The largest absolute Gasteiger partial charge is 0.337 e. The summed E-state index contributed by atoms with van der Waals surface area (Å²) in [7, 11) is -3.50. The SMILES string of the molecule is CC(=O)N1CCc2c(sc(NC(=O)CCCS(=O)(=O)c3ccc(Cl)cc3)c2C#N)C1. The molecule has 158 valence electrons. The molecular formula is C20H20ClN3O4S2. The molecule has 3 rings (SSSR count). The third kappa shape index (κ3) is 5.01. The van der Waals surface area contributed by atoms with E-state index in [0.29, 0.717) is 35.1 Å². The number of carbonyl (C=O) groups is 2. The lowest BCUT2D eigenvalue weighted by Gasteiger charge is -2.25. The van der Waals surface area contributed by atoms with E-state index >= 15 is 0 Å². The molecule has 1 aromatic heterocycles. The number of nitrogens with zero attached hydrogens (tertiary/aromatic N) is 2. The monoisotopic (exact) mass is 465 g/mol. The Morgan fingerprint density at radius 2 is 2.00 bits per heavy atom. The summed E-state index contributed by atoms with van der Waals surface area (Å²) < 4.78 is 24.7. The van der Waals surface area contributed by atoms with Gasteiger partial charge >= 0.3 is 0 Å². The third-order valence-electron chi connectivity index (χ3n) is 4.86. The van der Waals surface area contributed by atoms with Crippen molar-refractivity contribution >= 4 is 49.6 Å². The molecule has 10 heteroatoms. The Hall–Kier alpha value is -2.41. The van der Waals surface area contributed by atoms with Crippen molar-refractivity contribution < 1.29 is 18.0 Å². The molecule has 0 atom stereocenters. The first-order chi connectivity index (χ1) is 14.2. The zero-order valence-electron chi connectivity index (χ0n) is 16.3. The maximum Gasteiger partial charge on any atom is 0.225 e. The molecule has 1 aliphatic heterocycles. The Bertz CT molecular complexity index is 1120. The lowest BCUT2D eigenvalue weighted by atomic mass is 10.0. The van der Waals surface area contributed by atoms with Crippen LogP contribution in [0, 0.1) is 11.3 Å². The van der Waals surface area contributed by atoms with Gasteiger partial charge in [-0.1, -0.05) is 11.6 Å². The van der Waals surface area contributed by atoms with Crippen LogP contribution in [0.15, 0.2) is 29.2 Å². The molecule has 2 heterocycles. The van der Waals surface area contributed by atoms with Crippen molar-refractivity contribution in [1.82, 2.24) is 4.90 Å². The quantitative estimate of drug-likeness (QED) is 0.703. The van der Waals surface area contributed by atoms with Crippen molar-refractivity contribution in [2.75, 3.05) is 17.6 Å². The highest BCUT2D eigenvalue weighted by Gasteiger charge is 2.26. The predicted molar refractivity (Wildman–Crippen MR) is 115 cm³/mol. The van der Waals surface area contributed by atoms with Crippen molar-refractivity contribution in [3.05, 3.63) is 45.3 Å². The molecule has 1 N–H and O–H groups in total. The highest BCUT2D eigenvalue weighted by Crippen LogP contribution is 2.36. The molecule has 0 radical (unpaired) electrons. The van der Waals surface area contributed by atoms with Crippen LogP contribution < -0.4 is 5.32 Å². The smallest absolute Gasteiger partial charge is 0.225 e. The maximum absolute atomic E-state index is 12.4. The van der Waals surface area contributed by atoms with Crippen LogP contribution in [0.2, 0.25) is 5.02 Å². The van der Waals surface area contributed by atoms with Gasteiger partial charge in [-0.2, -0.15) is 5.26 Å². The molecule has 30 heavy (non-hydrogen) atoms. The number of sulfone groups is 1. The van der Waals surface area contributed by atoms with Crippen LogP contribution in [-0.2, 0) is 32.4 Å². The van der Waals surface area contributed by atoms with Crippen LogP contribution >= 0.6 is 22.9 Å². The Morgan fingerprint density at radius 1 is 1.30 bits per heavy atom. The number of hydrogen-bond donors (Lipinski definition) is 1. The number of halogens is 1. The van der Waals surface area contributed by atoms with E-state index in [1.54, 1.807) is 4.90 Å². The Morgan fingerprint density at radius 3 is 2.63 bits per heavy atom. The van der Waals surface area contributed by atoms with Crippen molar-refractivity contribution in [2.24, 2.45) is 0 Å². The molecule has 0 saturated heterocycles. The summed E-state index contributed by atoms with van der Waals surface area (Å²) in [4.78, 5) is 26.7. The second kappa shape index (κ2) is 9.16. The number of benzene rings is 1. The summed E-state index contributed by atoms with van der Waals surface area (Å²) >= 11 is 7.08. The zero-order valence-corrected chi connectivity index (χ0v) is 18.7. The summed E-state index contributed by atoms with van der Waals surface area (Å²) in [6, 6.07) is 8.05. The summed E-state index contributed by atoms with van der Waals surface area (Å²) in [5.74, 6) is -0.540. The van der Waals surface area contributed by atoms with Gasteiger partial charge in [-0.3, -0.25) is 9.59 Å². The molecule has 0 fully saturated rings. The lowest BCUT2D eigenvalue weighted by Crippen LogP contribution is -2.33. The number of nitrogens with one attached hydrogen (secondary N) is 1. The normalized spacial score (nSPS) is 13.4. The van der Waals surface area contributed by atoms with E-state index in [9.17, 15) is 23.3 Å². The van der Waals surface area contributed by atoms with E-state index in [0.717, 1.165) is 10.4 Å². The van der Waals surface area contributed by atoms with Crippen LogP contribution in [0.5, 0.6) is 0 Å². The molecule has 0 unspecified atom stereocenters. The van der Waals surface area contributed by atoms with Gasteiger partial charge in [-0.15, -0.1) is 11.3 Å². The minimum absolute atomic E-state index is 0.0137. The molecule has 0 saturated carbocycles. The van der Waals surface area contributed by atoms with Gasteiger partial charge < -0.3 is 10.2 Å². The summed E-state index contributed by atoms with van der Waals surface area (Å²) in [6.45, 7) is 2.48. The number of amides is 2. The number of fused-ring (bicyclic) bond motifs is 1. The molecular weight excluding hydrogens is 446 g/mol. The Balaban J connectivity index is 1.61. The van der Waals surface area contributed by atoms with Crippen LogP contribution in [0.3, 0.4) is 0 Å². The molecule has 1 aliphatic rings. The zero-order chi connectivity index (χ0) is 21.9. The Labute approximate surface area is 184 Å². The average Bonchev–Trinajstić information content (AvgIpc) is 3.03. The van der Waals surface area contributed by atoms with Crippen molar-refractivity contribution in [2.45, 2.75) is 37.6 Å². The van der Waals surface area contributed by atoms with Crippen molar-refractivity contribution in [3.63, 3.8) is 0 Å². The minimum Gasteiger partial charge on any atom is -0.337 e. The van der Waals surface area contributed by atoms with Gasteiger partial charge in [0.15, 0.2) is 9.84 Å². The van der Waals surface area contributed by atoms with E-state index in [-0.39, 0.29) is 35.3 Å². The molecule has 2 amide bonds. The fourth-order valence-corrected chi connectivity index (χ4v) is 5.92. The standard InChI is InChI=1S/C20H20ClN3O4S2/c1-13(25)24-9-8-16-17(11-22)20(29-18(16)12-24)23-19(26)3-2-10-30(27,28)15-6-4-14(21)5-7-15/h4-7H,2-3,8-10,12H2,1H3,(H,23,26). The predicted octanol–water partition coefficient (Wildman–Crippen LogP) is 3.37. The number of rotatable bonds is 6. The van der Waals surface area contributed by atoms with E-state index in [1.807, 2.05) is 0 Å². The third-order valence-corrected chi connectivity index (χ3v) is 8.06. The number of thiophene rings is 1. The molecule has 0 bridgehead atoms. The van der Waals surface area contributed by atoms with Gasteiger partial charge in [-0.25, -0.2) is 8.42 Å². The first-order valence-electron chi connectivity index (χ1n) is 9.29. The van der Waals surface area contributed by atoms with Gasteiger partial charge in [0, 0.05) is 29.8 Å². The molecule has 0 spiro atoms. The number of hydrogen-bond acceptors (Lipinski definition) is 6. The minimum atomic E-state index is -3.50. The fourth-order valence-electron chi connectivity index (χ4n) is 3.25. The lowest BCUT2D eigenvalue weighted by molar-refractivity contribution is -0.129. The van der Waals surface area contributed by atoms with Crippen LogP contribution in [-0.4, -0.2) is 37.4 Å². The van der Waals surface area contributed by atoms with E-state index in [2.05, 4.69) is 11.4 Å². The highest BCUT2D eigenvalue weighted by molar-refractivity contribution is 7.91. The van der Waals surface area contributed by atoms with Crippen molar-refractivity contribution in [1.29, 1.82) is 5.26 Å². The summed E-state index contributed by atoms with van der Waals surface area (Å²) in [6.07, 6.45) is 0.741. The maximum atomic E-state index is 12.4. The van der Waals surface area contributed by atoms with Gasteiger partial charge in [0.05, 0.1) is 22.8 Å². The number of anilines is 1. The van der Waals surface area contributed by atoms with Crippen LogP contribution in [0.25, 0.3) is 0 Å². The van der Waals surface area contributed by atoms with Gasteiger partial charge in [0.1, 0.15) is 11.1 Å². The topological polar surface area (TPSA) is 107 Å². The van der Waals surface area contributed by atoms with Gasteiger partial charge in [0.25, 0.3) is 0 Å². The van der Waals surface area contributed by atoms with Crippen LogP contribution in [0.4, 0.5) is 5.00 Å². The molecule has 7 nitrogen and oxygen atoms in total. The van der Waals surface area contributed by atoms with Crippen LogP contribution in [0.1, 0.15) is 35.8 Å². The number of nitriles is 1. The second-order valence-electron chi connectivity index (χ2n) is 6.93. The van der Waals surface area contributed by atoms with E-state index in [1.165, 1.54) is 42.5 Å². The van der Waals surface area contributed by atoms with E-state index < -0.39 is 9.84 Å².